The van der Waals surface area contributed by atoms with Crippen molar-refractivity contribution >= 4 is 11.9 Å². The van der Waals surface area contributed by atoms with Crippen LogP contribution in [0.15, 0.2) is 36.1 Å². The van der Waals surface area contributed by atoms with Crippen LogP contribution in [0.5, 0.6) is 28.7 Å². The lowest BCUT2D eigenvalue weighted by atomic mass is 9.99. The molecule has 1 fully saturated rings. The van der Waals surface area contributed by atoms with E-state index in [1.165, 1.54) is 30.3 Å². The van der Waals surface area contributed by atoms with E-state index in [-0.39, 0.29) is 34.3 Å². The molecule has 2 aromatic carbocycles. The van der Waals surface area contributed by atoms with Crippen molar-refractivity contribution in [1.82, 2.24) is 0 Å². The number of benzene rings is 2. The van der Waals surface area contributed by atoms with E-state index >= 15 is 0 Å². The molecule has 0 saturated carbocycles. The molecule has 0 aromatic heterocycles. The van der Waals surface area contributed by atoms with Gasteiger partial charge in [0.1, 0.15) is 47.2 Å². The molecular weight excluding hydrogens is 428 g/mol. The molecule has 4 rings (SSSR count). The molecule has 5 atom stereocenters. The van der Waals surface area contributed by atoms with Gasteiger partial charge in [-0.3, -0.25) is 4.79 Å². The monoisotopic (exact) mass is 448 g/mol. The van der Waals surface area contributed by atoms with Gasteiger partial charge in [-0.2, -0.15) is 0 Å². The van der Waals surface area contributed by atoms with Crippen molar-refractivity contribution in [3.8, 4) is 28.7 Å². The quantitative estimate of drug-likeness (QED) is 0.238. The number of fused-ring (bicyclic) bond motifs is 1. The Morgan fingerprint density at radius 2 is 1.69 bits per heavy atom. The second-order valence-electron chi connectivity index (χ2n) is 7.32. The lowest BCUT2D eigenvalue weighted by Gasteiger charge is -2.39. The number of phenols is 3. The van der Waals surface area contributed by atoms with Gasteiger partial charge in [-0.15, -0.1) is 0 Å². The van der Waals surface area contributed by atoms with E-state index in [0.29, 0.717) is 5.56 Å². The molecule has 7 N–H and O–H groups in total. The van der Waals surface area contributed by atoms with Crippen LogP contribution < -0.4 is 9.47 Å². The van der Waals surface area contributed by atoms with E-state index in [4.69, 9.17) is 14.2 Å². The summed E-state index contributed by atoms with van der Waals surface area (Å²) in [6.45, 7) is -0.640. The van der Waals surface area contributed by atoms with Crippen molar-refractivity contribution in [3.05, 3.63) is 47.2 Å². The predicted octanol–water partition coefficient (Wildman–Crippen LogP) is -0.402. The first-order chi connectivity index (χ1) is 15.2. The maximum atomic E-state index is 12.6. The summed E-state index contributed by atoms with van der Waals surface area (Å²) in [7, 11) is 0. The Kier molecular flexibility index (Phi) is 5.67. The first kappa shape index (κ1) is 21.9. The first-order valence-electron chi connectivity index (χ1n) is 9.50. The summed E-state index contributed by atoms with van der Waals surface area (Å²) in [6.07, 6.45) is -6.24. The fourth-order valence-electron chi connectivity index (χ4n) is 3.42. The zero-order valence-corrected chi connectivity index (χ0v) is 16.3. The number of aliphatic hydroxyl groups is 4. The summed E-state index contributed by atoms with van der Waals surface area (Å²) in [5, 5.41) is 68.4. The van der Waals surface area contributed by atoms with E-state index < -0.39 is 48.8 Å². The largest absolute Gasteiger partial charge is 0.507 e. The third-order valence-electron chi connectivity index (χ3n) is 5.12. The van der Waals surface area contributed by atoms with Crippen LogP contribution in [0, 0.1) is 0 Å². The van der Waals surface area contributed by atoms with Gasteiger partial charge < -0.3 is 50.0 Å². The van der Waals surface area contributed by atoms with Gasteiger partial charge in [0.05, 0.1) is 6.61 Å². The summed E-state index contributed by atoms with van der Waals surface area (Å²) in [5.41, 5.74) is 0.217. The van der Waals surface area contributed by atoms with Gasteiger partial charge in [-0.05, 0) is 23.8 Å². The number of ketones is 1. The zero-order chi connectivity index (χ0) is 23.2. The number of ether oxygens (including phenoxy) is 3. The van der Waals surface area contributed by atoms with Gasteiger partial charge in [-0.1, -0.05) is 6.07 Å². The van der Waals surface area contributed by atoms with Gasteiger partial charge in [0.25, 0.3) is 0 Å². The molecule has 2 aromatic rings. The highest BCUT2D eigenvalue weighted by Crippen LogP contribution is 2.42. The standard InChI is InChI=1S/C21H20O11/c22-7-15-18(27)19(28)20(29)21(32-15)30-9-5-12(25)16-13(6-9)31-14(17(16)26)4-8-1-2-10(23)11(24)3-8/h1-6,15,18-25,27-29H,7H2/t15-,18-,19+,20-,21-/m1/s1. The Balaban J connectivity index is 1.58. The molecule has 0 amide bonds. The number of hydrogen-bond acceptors (Lipinski definition) is 11. The van der Waals surface area contributed by atoms with Gasteiger partial charge in [0.15, 0.2) is 17.3 Å². The van der Waals surface area contributed by atoms with Crippen molar-refractivity contribution in [2.24, 2.45) is 0 Å². The topological polar surface area (TPSA) is 186 Å². The summed E-state index contributed by atoms with van der Waals surface area (Å²) in [5.74, 6) is -2.13. The Morgan fingerprint density at radius 3 is 2.38 bits per heavy atom. The Hall–Kier alpha value is -3.35. The van der Waals surface area contributed by atoms with Crippen molar-refractivity contribution in [3.63, 3.8) is 0 Å². The number of aromatic hydroxyl groups is 3. The van der Waals surface area contributed by atoms with E-state index in [0.717, 1.165) is 6.07 Å². The van der Waals surface area contributed by atoms with E-state index in [1.54, 1.807) is 0 Å². The maximum Gasteiger partial charge on any atom is 0.235 e. The van der Waals surface area contributed by atoms with Gasteiger partial charge in [0.2, 0.25) is 12.1 Å². The Labute approximate surface area is 180 Å². The summed E-state index contributed by atoms with van der Waals surface area (Å²) in [4.78, 5) is 12.6. The molecule has 170 valence electrons. The molecule has 2 heterocycles. The van der Waals surface area contributed by atoms with Crippen LogP contribution in [0.2, 0.25) is 0 Å². The molecule has 11 nitrogen and oxygen atoms in total. The van der Waals surface area contributed by atoms with Gasteiger partial charge in [0, 0.05) is 12.1 Å². The minimum Gasteiger partial charge on any atom is -0.507 e. The van der Waals surface area contributed by atoms with Crippen LogP contribution in [-0.4, -0.2) is 78.8 Å². The normalized spacial score (nSPS) is 28.4. The number of Topliss-reactive ketones (excluding diaryl/α,β-unsaturated/α-hetero) is 1. The van der Waals surface area contributed by atoms with Crippen molar-refractivity contribution in [2.75, 3.05) is 6.61 Å². The minimum absolute atomic E-state index is 0.0520. The molecule has 11 heteroatoms. The third kappa shape index (κ3) is 3.83. The van der Waals surface area contributed by atoms with Crippen LogP contribution in [0.3, 0.4) is 0 Å². The lowest BCUT2D eigenvalue weighted by molar-refractivity contribution is -0.277. The average molecular weight is 448 g/mol. The molecule has 0 radical (unpaired) electrons. The van der Waals surface area contributed by atoms with E-state index in [2.05, 4.69) is 0 Å². The highest BCUT2D eigenvalue weighted by Gasteiger charge is 2.45. The molecule has 2 aliphatic rings. The van der Waals surface area contributed by atoms with E-state index in [1.807, 2.05) is 0 Å². The molecular formula is C21H20O11. The second-order valence-corrected chi connectivity index (χ2v) is 7.32. The zero-order valence-electron chi connectivity index (χ0n) is 16.3. The van der Waals surface area contributed by atoms with Gasteiger partial charge >= 0.3 is 0 Å². The number of phenolic OH excluding ortho intramolecular Hbond substituents is 3. The fraction of sp³-hybridized carbons (Fsp3) is 0.286. The highest BCUT2D eigenvalue weighted by atomic mass is 16.7. The smallest absolute Gasteiger partial charge is 0.235 e. The minimum atomic E-state index is -1.66. The van der Waals surface area contributed by atoms with Crippen LogP contribution in [0.25, 0.3) is 6.08 Å². The number of carbonyl (C=O) groups is 1. The van der Waals surface area contributed by atoms with Crippen LogP contribution in [-0.2, 0) is 4.74 Å². The number of aliphatic hydroxyl groups excluding tert-OH is 4. The highest BCUT2D eigenvalue weighted by molar-refractivity contribution is 6.16. The van der Waals surface area contributed by atoms with E-state index in [9.17, 15) is 40.5 Å². The average Bonchev–Trinajstić information content (AvgIpc) is 3.06. The van der Waals surface area contributed by atoms with Crippen molar-refractivity contribution in [2.45, 2.75) is 30.7 Å². The van der Waals surface area contributed by atoms with Gasteiger partial charge in [-0.25, -0.2) is 0 Å². The molecule has 0 bridgehead atoms. The molecule has 32 heavy (non-hydrogen) atoms. The number of hydrogen-bond donors (Lipinski definition) is 7. The molecule has 0 aliphatic carbocycles. The van der Waals surface area contributed by atoms with Crippen molar-refractivity contribution in [1.29, 1.82) is 0 Å². The molecule has 0 spiro atoms. The Morgan fingerprint density at radius 1 is 0.938 bits per heavy atom. The third-order valence-corrected chi connectivity index (χ3v) is 5.12. The molecule has 0 unspecified atom stereocenters. The van der Waals surface area contributed by atoms with Crippen LogP contribution in [0.4, 0.5) is 0 Å². The molecule has 2 aliphatic heterocycles. The van der Waals surface area contributed by atoms with Crippen molar-refractivity contribution < 1.29 is 54.8 Å². The number of allylic oxidation sites excluding steroid dienone is 1. The Bertz CT molecular complexity index is 1080. The number of rotatable bonds is 4. The number of carbonyl (C=O) groups excluding carboxylic acids is 1. The predicted molar refractivity (Wildman–Crippen MR) is 105 cm³/mol. The van der Waals surface area contributed by atoms with Crippen LogP contribution in [0.1, 0.15) is 15.9 Å². The fourth-order valence-corrected chi connectivity index (χ4v) is 3.42. The summed E-state index contributed by atoms with van der Waals surface area (Å²) < 4.78 is 16.2. The maximum absolute atomic E-state index is 12.6. The molecule has 1 saturated heterocycles. The summed E-state index contributed by atoms with van der Waals surface area (Å²) >= 11 is 0. The second kappa shape index (κ2) is 8.30. The lowest BCUT2D eigenvalue weighted by Crippen LogP contribution is -2.60. The summed E-state index contributed by atoms with van der Waals surface area (Å²) in [6, 6.07) is 6.23. The SMILES string of the molecule is O=C1C(=Cc2ccc(O)c(O)c2)Oc2cc(O[C@@H]3O[C@H](CO)[C@@H](O)[C@H](O)[C@H]3O)cc(O)c21. The first-order valence-corrected chi connectivity index (χ1v) is 9.50. The van der Waals surface area contributed by atoms with Crippen LogP contribution >= 0.6 is 0 Å².